The molecule has 1 N–H and O–H groups in total. The van der Waals surface area contributed by atoms with Gasteiger partial charge in [0, 0.05) is 6.42 Å². The highest BCUT2D eigenvalue weighted by Gasteiger charge is 2.38. The van der Waals surface area contributed by atoms with Crippen LogP contribution in [0.5, 0.6) is 0 Å². The first-order valence-electron chi connectivity index (χ1n) is 7.15. The third-order valence-corrected chi connectivity index (χ3v) is 3.88. The molecule has 0 aromatic heterocycles. The maximum Gasteiger partial charge on any atom is 0.249 e. The van der Waals surface area contributed by atoms with Crippen LogP contribution in [0.25, 0.3) is 0 Å². The third-order valence-electron chi connectivity index (χ3n) is 3.55. The Morgan fingerprint density at radius 1 is 1.22 bits per heavy atom. The molecule has 2 aromatic rings. The van der Waals surface area contributed by atoms with Gasteiger partial charge >= 0.3 is 0 Å². The maximum absolute atomic E-state index is 12.6. The van der Waals surface area contributed by atoms with Crippen molar-refractivity contribution in [3.8, 4) is 6.07 Å². The second-order valence-electron chi connectivity index (χ2n) is 5.11. The quantitative estimate of drug-likeness (QED) is 0.938. The number of carbonyl (C=O) groups excluding carboxylic acids is 1. The highest BCUT2D eigenvalue weighted by Crippen LogP contribution is 2.29. The van der Waals surface area contributed by atoms with Crippen LogP contribution in [-0.2, 0) is 9.63 Å². The van der Waals surface area contributed by atoms with Crippen molar-refractivity contribution in [2.24, 2.45) is 0 Å². The number of amides is 1. The highest BCUT2D eigenvalue weighted by atomic mass is 35.5. The minimum Gasteiger partial charge on any atom is -0.323 e. The SMILES string of the molecule is N#CC1CC(C(=O)Nc2ccccc2Cl)N(c2ccccc2)O1. The van der Waals surface area contributed by atoms with Crippen LogP contribution < -0.4 is 10.4 Å². The monoisotopic (exact) mass is 327 g/mol. The molecule has 0 spiro atoms. The van der Waals surface area contributed by atoms with E-state index in [1.807, 2.05) is 30.3 Å². The van der Waals surface area contributed by atoms with Crippen LogP contribution in [-0.4, -0.2) is 18.1 Å². The van der Waals surface area contributed by atoms with Crippen molar-refractivity contribution in [1.29, 1.82) is 5.26 Å². The molecule has 116 valence electrons. The van der Waals surface area contributed by atoms with Crippen LogP contribution >= 0.6 is 11.6 Å². The van der Waals surface area contributed by atoms with E-state index in [2.05, 4.69) is 11.4 Å². The topological polar surface area (TPSA) is 65.4 Å². The van der Waals surface area contributed by atoms with Crippen molar-refractivity contribution in [2.45, 2.75) is 18.6 Å². The minimum absolute atomic E-state index is 0.264. The van der Waals surface area contributed by atoms with Gasteiger partial charge in [0.1, 0.15) is 6.04 Å². The number of nitrogens with one attached hydrogen (secondary N) is 1. The second-order valence-corrected chi connectivity index (χ2v) is 5.51. The van der Waals surface area contributed by atoms with Gasteiger partial charge in [-0.1, -0.05) is 41.9 Å². The number of para-hydroxylation sites is 2. The molecule has 0 aliphatic carbocycles. The van der Waals surface area contributed by atoms with Crippen LogP contribution in [0.15, 0.2) is 54.6 Å². The van der Waals surface area contributed by atoms with Gasteiger partial charge in [0.05, 0.1) is 22.5 Å². The van der Waals surface area contributed by atoms with Gasteiger partial charge < -0.3 is 5.32 Å². The molecule has 23 heavy (non-hydrogen) atoms. The Morgan fingerprint density at radius 2 is 1.91 bits per heavy atom. The second kappa shape index (κ2) is 6.69. The fourth-order valence-corrected chi connectivity index (χ4v) is 2.62. The molecule has 1 heterocycles. The van der Waals surface area contributed by atoms with E-state index in [1.165, 1.54) is 5.06 Å². The summed E-state index contributed by atoms with van der Waals surface area (Å²) in [4.78, 5) is 18.2. The van der Waals surface area contributed by atoms with Crippen molar-refractivity contribution in [3.05, 3.63) is 59.6 Å². The van der Waals surface area contributed by atoms with Gasteiger partial charge in [0.25, 0.3) is 0 Å². The number of nitrogens with zero attached hydrogens (tertiary/aromatic N) is 2. The summed E-state index contributed by atoms with van der Waals surface area (Å²) in [6, 6.07) is 17.7. The number of hydroxylamine groups is 1. The Labute approximate surface area is 139 Å². The molecule has 6 heteroatoms. The van der Waals surface area contributed by atoms with E-state index in [0.717, 1.165) is 5.69 Å². The van der Waals surface area contributed by atoms with E-state index in [1.54, 1.807) is 24.3 Å². The van der Waals surface area contributed by atoms with E-state index in [0.29, 0.717) is 17.1 Å². The third kappa shape index (κ3) is 3.29. The largest absolute Gasteiger partial charge is 0.323 e. The fourth-order valence-electron chi connectivity index (χ4n) is 2.44. The number of carbonyl (C=O) groups is 1. The van der Waals surface area contributed by atoms with Crippen LogP contribution in [0.3, 0.4) is 0 Å². The van der Waals surface area contributed by atoms with Gasteiger partial charge in [-0.25, -0.2) is 5.06 Å². The molecule has 1 fully saturated rings. The number of hydrogen-bond acceptors (Lipinski definition) is 4. The van der Waals surface area contributed by atoms with Crippen LogP contribution in [0.4, 0.5) is 11.4 Å². The van der Waals surface area contributed by atoms with Crippen LogP contribution in [0.1, 0.15) is 6.42 Å². The lowest BCUT2D eigenvalue weighted by Crippen LogP contribution is -2.39. The van der Waals surface area contributed by atoms with Crippen molar-refractivity contribution < 1.29 is 9.63 Å². The zero-order chi connectivity index (χ0) is 16.2. The van der Waals surface area contributed by atoms with Gasteiger partial charge in [-0.05, 0) is 24.3 Å². The molecular formula is C17H14ClN3O2. The first kappa shape index (κ1) is 15.3. The number of rotatable bonds is 3. The Morgan fingerprint density at radius 3 is 2.61 bits per heavy atom. The van der Waals surface area contributed by atoms with Crippen LogP contribution in [0.2, 0.25) is 5.02 Å². The number of nitriles is 1. The molecule has 3 rings (SSSR count). The summed E-state index contributed by atoms with van der Waals surface area (Å²) in [5, 5.41) is 13.9. The van der Waals surface area contributed by atoms with E-state index in [-0.39, 0.29) is 5.91 Å². The summed E-state index contributed by atoms with van der Waals surface area (Å²) in [5.74, 6) is -0.264. The zero-order valence-electron chi connectivity index (χ0n) is 12.1. The Balaban J connectivity index is 1.82. The molecule has 0 bridgehead atoms. The van der Waals surface area contributed by atoms with Gasteiger partial charge in [-0.15, -0.1) is 0 Å². The number of hydrogen-bond donors (Lipinski definition) is 1. The van der Waals surface area contributed by atoms with Gasteiger partial charge in [-0.2, -0.15) is 5.26 Å². The summed E-state index contributed by atoms with van der Waals surface area (Å²) in [6.07, 6.45) is -0.362. The maximum atomic E-state index is 12.6. The zero-order valence-corrected chi connectivity index (χ0v) is 12.9. The number of benzene rings is 2. The lowest BCUT2D eigenvalue weighted by molar-refractivity contribution is -0.117. The smallest absolute Gasteiger partial charge is 0.249 e. The summed E-state index contributed by atoms with van der Waals surface area (Å²) in [6.45, 7) is 0. The van der Waals surface area contributed by atoms with Crippen molar-refractivity contribution in [3.63, 3.8) is 0 Å². The minimum atomic E-state index is -0.655. The standard InChI is InChI=1S/C17H14ClN3O2/c18-14-8-4-5-9-15(14)20-17(22)16-10-13(11-19)23-21(16)12-6-2-1-3-7-12/h1-9,13,16H,10H2,(H,20,22). The van der Waals surface area contributed by atoms with E-state index in [9.17, 15) is 4.79 Å². The molecule has 1 aliphatic rings. The first-order valence-corrected chi connectivity index (χ1v) is 7.53. The average Bonchev–Trinajstić information content (AvgIpc) is 3.02. The molecule has 1 amide bonds. The van der Waals surface area contributed by atoms with Crippen LogP contribution in [0, 0.1) is 11.3 Å². The highest BCUT2D eigenvalue weighted by molar-refractivity contribution is 6.33. The Kier molecular flexibility index (Phi) is 4.47. The van der Waals surface area contributed by atoms with Crippen molar-refractivity contribution in [2.75, 3.05) is 10.4 Å². The molecule has 0 saturated carbocycles. The molecular weight excluding hydrogens is 314 g/mol. The predicted molar refractivity (Wildman–Crippen MR) is 87.9 cm³/mol. The van der Waals surface area contributed by atoms with Gasteiger partial charge in [0.15, 0.2) is 6.10 Å². The Bertz CT molecular complexity index is 745. The normalized spacial score (nSPS) is 20.1. The molecule has 0 radical (unpaired) electrons. The van der Waals surface area contributed by atoms with Crippen molar-refractivity contribution in [1.82, 2.24) is 0 Å². The van der Waals surface area contributed by atoms with Crippen molar-refractivity contribution >= 4 is 28.9 Å². The molecule has 5 nitrogen and oxygen atoms in total. The molecule has 1 saturated heterocycles. The first-order chi connectivity index (χ1) is 11.2. The van der Waals surface area contributed by atoms with Gasteiger partial charge in [-0.3, -0.25) is 9.63 Å². The Hall–Kier alpha value is -2.55. The van der Waals surface area contributed by atoms with E-state index >= 15 is 0 Å². The number of anilines is 2. The van der Waals surface area contributed by atoms with Gasteiger partial charge in [0.2, 0.25) is 5.91 Å². The molecule has 2 atom stereocenters. The molecule has 1 aliphatic heterocycles. The predicted octanol–water partition coefficient (Wildman–Crippen LogP) is 3.38. The molecule has 2 unspecified atom stereocenters. The fraction of sp³-hybridized carbons (Fsp3) is 0.176. The van der Waals surface area contributed by atoms with E-state index in [4.69, 9.17) is 21.7 Å². The molecule has 2 aromatic carbocycles. The summed E-state index contributed by atoms with van der Waals surface area (Å²) < 4.78 is 0. The average molecular weight is 328 g/mol. The number of halogens is 1. The summed E-state index contributed by atoms with van der Waals surface area (Å²) in [5.41, 5.74) is 1.26. The summed E-state index contributed by atoms with van der Waals surface area (Å²) >= 11 is 6.07. The lowest BCUT2D eigenvalue weighted by atomic mass is 10.1. The lowest BCUT2D eigenvalue weighted by Gasteiger charge is -2.23. The summed E-state index contributed by atoms with van der Waals surface area (Å²) in [7, 11) is 0. The van der Waals surface area contributed by atoms with E-state index < -0.39 is 12.1 Å².